The molecule has 16 rings (SSSR count). The Labute approximate surface area is 694 Å². The van der Waals surface area contributed by atoms with E-state index in [-0.39, 0.29) is 138 Å². The molecule has 0 saturated carbocycles. The number of amides is 7. The van der Waals surface area contributed by atoms with Crippen molar-refractivity contribution in [2.75, 3.05) is 122 Å². The summed E-state index contributed by atoms with van der Waals surface area (Å²) < 4.78 is 84.4. The van der Waals surface area contributed by atoms with Gasteiger partial charge in [-0.2, -0.15) is 0 Å². The van der Waals surface area contributed by atoms with Crippen LogP contribution < -0.4 is 87.5 Å². The van der Waals surface area contributed by atoms with Crippen LogP contribution >= 0.6 is 45.8 Å². The first-order valence-corrected chi connectivity index (χ1v) is 38.2. The van der Waals surface area contributed by atoms with E-state index in [1.165, 1.54) is 84.0 Å². The largest absolute Gasteiger partial charge is 0.502 e. The molecule has 14 heterocycles. The third-order valence-corrected chi connectivity index (χ3v) is 23.7. The van der Waals surface area contributed by atoms with Crippen LogP contribution in [0.1, 0.15) is 178 Å². The number of pyridine rings is 5. The lowest BCUT2D eigenvalue weighted by Crippen LogP contribution is -2.57. The number of ether oxygens (including phenoxy) is 4. The highest BCUT2D eigenvalue weighted by atomic mass is 127. The fourth-order valence-corrected chi connectivity index (χ4v) is 16.5. The van der Waals surface area contributed by atoms with Crippen molar-refractivity contribution >= 4 is 87.1 Å². The standard InChI is InChI=1S/C20H19ClF2N4O5.C19H17ClF2N4O5.C12H14IN3O4.C12H15N3O4.C11H15N3O3/c1-8-25(2)20(31)16-18(32-3)17(29)13(15-12(28)7-26(8)27(15)16)19(30)24-6-9-11(22)5-4-10(21)14(9)23;1-7-24(2)19(31)15-17(29)16(28)12(14-11(27)6-25(7)26(14)15)18(30)23-5-8-10(21)4-3-9(20)13(8)22;1-5-14(2)12(19)9-11(20-3)10(18)7(13)8-6(17)4-15(5)16(8)9;1-6-13(2)12(18)10-11(19-3)8(16)4-7-9(17)5-14(6)15(7)10;1-6-5-13-14-7(6)4-8(15)10(17-3)9(14)11(16)12-2/h4-5,8,12,28H,6-7H2,1-3H3,(H,24,30);3-4,7,11,27,29H,5-6H2,1-2H3,(H,23,30);5-6,17H,4H2,1-3H3;4,6,9,17H,5H2,1-3H3;4,6,13H,5H2,1-3H3,(H,12,16). The Hall–Kier alpha value is -11.6. The minimum atomic E-state index is -1.32. The number of halogens is 7. The molecule has 9 unspecified atom stereocenters. The molecule has 9 atom stereocenters. The molecule has 9 aliphatic rings. The van der Waals surface area contributed by atoms with Crippen LogP contribution in [-0.4, -0.2) is 231 Å². The Kier molecular flexibility index (Phi) is 24.0. The Balaban J connectivity index is 0.000000140. The molecule has 45 heteroatoms. The van der Waals surface area contributed by atoms with Gasteiger partial charge in [0.25, 0.3) is 41.4 Å². The number of hydrogen-bond donors (Lipinski definition) is 9. The van der Waals surface area contributed by atoms with Gasteiger partial charge in [-0.15, -0.1) is 0 Å². The predicted molar refractivity (Wildman–Crippen MR) is 424 cm³/mol. The van der Waals surface area contributed by atoms with E-state index >= 15 is 0 Å². The monoisotopic (exact) mass is 1820 g/mol. The minimum Gasteiger partial charge on any atom is -0.502 e. The van der Waals surface area contributed by atoms with Gasteiger partial charge in [-0.3, -0.25) is 82.2 Å². The van der Waals surface area contributed by atoms with Gasteiger partial charge >= 0.3 is 0 Å². The van der Waals surface area contributed by atoms with Crippen LogP contribution in [-0.2, 0) is 13.1 Å². The van der Waals surface area contributed by atoms with Crippen LogP contribution in [0.2, 0.25) is 10.0 Å². The number of carbonyl (C=O) groups is 7. The lowest BCUT2D eigenvalue weighted by atomic mass is 10.1. The Morgan fingerprint density at radius 1 is 0.496 bits per heavy atom. The lowest BCUT2D eigenvalue weighted by molar-refractivity contribution is 0.0648. The maximum absolute atomic E-state index is 14.2. The van der Waals surface area contributed by atoms with Crippen molar-refractivity contribution in [3.05, 3.63) is 204 Å². The van der Waals surface area contributed by atoms with Crippen LogP contribution in [0.3, 0.4) is 0 Å². The summed E-state index contributed by atoms with van der Waals surface area (Å²) in [6, 6.07) is 6.78. The first-order chi connectivity index (χ1) is 56.1. The fraction of sp³-hybridized carbons (Fsp3) is 0.405. The molecule has 2 aromatic carbocycles. The quantitative estimate of drug-likeness (QED) is 0.0495. The summed E-state index contributed by atoms with van der Waals surface area (Å²) in [4.78, 5) is 156. The van der Waals surface area contributed by atoms with Gasteiger partial charge in [-0.25, -0.2) is 36.3 Å². The Bertz CT molecular complexity index is 5810. The number of aliphatic hydroxyl groups excluding tert-OH is 4. The van der Waals surface area contributed by atoms with E-state index in [9.17, 15) is 101 Å². The molecule has 7 amide bonds. The van der Waals surface area contributed by atoms with Crippen LogP contribution in [0, 0.1) is 26.8 Å². The van der Waals surface area contributed by atoms with Crippen molar-refractivity contribution in [3.63, 3.8) is 0 Å². The van der Waals surface area contributed by atoms with Crippen LogP contribution in [0.25, 0.3) is 0 Å². The zero-order valence-corrected chi connectivity index (χ0v) is 69.5. The molecular weight excluding hydrogens is 1740 g/mol. The second kappa shape index (κ2) is 32.9. The summed E-state index contributed by atoms with van der Waals surface area (Å²) in [5.41, 5.74) is -0.615. The average molecular weight is 1820 g/mol. The van der Waals surface area contributed by atoms with E-state index in [1.54, 1.807) is 54.0 Å². The molecule has 0 aliphatic carbocycles. The van der Waals surface area contributed by atoms with E-state index < -0.39 is 136 Å². The van der Waals surface area contributed by atoms with Crippen molar-refractivity contribution in [1.82, 2.24) is 58.9 Å². The third-order valence-electron chi connectivity index (χ3n) is 22.1. The van der Waals surface area contributed by atoms with Crippen molar-refractivity contribution < 1.29 is 95.6 Å². The number of fused-ring (bicyclic) bond motifs is 1. The molecule has 0 fully saturated rings. The van der Waals surface area contributed by atoms with E-state index in [1.807, 2.05) is 53.4 Å². The highest BCUT2D eigenvalue weighted by Gasteiger charge is 2.50. The van der Waals surface area contributed by atoms with Crippen LogP contribution in [0.5, 0.6) is 28.7 Å². The highest BCUT2D eigenvalue weighted by Crippen LogP contribution is 2.40. The number of rotatable bonds is 11. The second-order valence-electron chi connectivity index (χ2n) is 28.5. The Morgan fingerprint density at radius 3 is 1.29 bits per heavy atom. The molecule has 0 bridgehead atoms. The number of hydrogen-bond acceptors (Lipinski definition) is 26. The molecular formula is C74H80Cl2F4IN17O21. The van der Waals surface area contributed by atoms with Crippen LogP contribution in [0.15, 0.2) is 60.4 Å². The first kappa shape index (κ1) is 86.7. The van der Waals surface area contributed by atoms with E-state index in [2.05, 4.69) is 21.4 Å². The zero-order chi connectivity index (χ0) is 87.5. The van der Waals surface area contributed by atoms with Gasteiger partial charge in [-0.05, 0) is 74.6 Å². The molecule has 119 heavy (non-hydrogen) atoms. The number of carbonyl (C=O) groups excluding carboxylic acids is 7. The molecule has 5 aromatic heterocycles. The highest BCUT2D eigenvalue weighted by molar-refractivity contribution is 14.1. The minimum absolute atomic E-state index is 0.0101. The number of aromatic hydroxyl groups is 1. The van der Waals surface area contributed by atoms with E-state index in [0.717, 1.165) is 34.6 Å². The van der Waals surface area contributed by atoms with Crippen molar-refractivity contribution in [2.45, 2.75) is 103 Å². The number of benzene rings is 2. The van der Waals surface area contributed by atoms with Gasteiger partial charge in [0.2, 0.25) is 27.1 Å². The SMILES string of the molecule is CC1N(C)C(=O)c2c(O)c(=O)c(C(=O)NCc3c(F)ccc(Cl)c3F)c3n2N1CC3O.CNC(=O)c1c(OC)c(=O)cc2n1NCC2C.COc1c2n3c(c(C(=O)NCc4c(F)ccc(Cl)c4F)c1=O)C(O)CN3C(C)N(C)C2=O.COc1c2n3c(c(I)c1=O)C(O)CN3C(C)N(C)C2=O.COc1c2n3c(cc1=O)C(O)CN3C(C)N(C)C2=O. The van der Waals surface area contributed by atoms with Gasteiger partial charge in [-0.1, -0.05) is 30.1 Å². The first-order valence-electron chi connectivity index (χ1n) is 36.4. The number of aromatic nitrogens is 5. The molecule has 0 radical (unpaired) electrons. The maximum Gasteiger partial charge on any atom is 0.277 e. The zero-order valence-electron chi connectivity index (χ0n) is 65.8. The molecule has 636 valence electrons. The van der Waals surface area contributed by atoms with E-state index in [0.29, 0.717) is 34.6 Å². The summed E-state index contributed by atoms with van der Waals surface area (Å²) >= 11 is 13.2. The topological polar surface area (TPSA) is 442 Å². The van der Waals surface area contributed by atoms with Gasteiger partial charge < -0.3 is 85.5 Å². The number of methoxy groups -OCH3 is 4. The van der Waals surface area contributed by atoms with Gasteiger partial charge in [0, 0.05) is 89.7 Å². The number of nitrogens with zero attached hydrogens (tertiary/aromatic N) is 13. The normalized spacial score (nSPS) is 20.8. The van der Waals surface area contributed by atoms with E-state index in [4.69, 9.17) is 42.1 Å². The van der Waals surface area contributed by atoms with Crippen molar-refractivity contribution in [3.8, 4) is 28.7 Å². The molecule has 9 aliphatic heterocycles. The van der Waals surface area contributed by atoms with Gasteiger partial charge in [0.15, 0.2) is 57.2 Å². The number of aliphatic hydroxyl groups is 4. The second-order valence-corrected chi connectivity index (χ2v) is 30.4. The third kappa shape index (κ3) is 14.0. The average Bonchev–Trinajstić information content (AvgIpc) is 1.62. The molecule has 0 saturated heterocycles. The molecule has 9 N–H and O–H groups in total. The lowest BCUT2D eigenvalue weighted by Gasteiger charge is -2.41. The summed E-state index contributed by atoms with van der Waals surface area (Å²) in [6.45, 7) is 9.22. The summed E-state index contributed by atoms with van der Waals surface area (Å²) in [6.07, 6.45) is -5.58. The fourth-order valence-electron chi connectivity index (χ4n) is 15.3. The summed E-state index contributed by atoms with van der Waals surface area (Å²) in [5.74, 6) is -9.17. The van der Waals surface area contributed by atoms with Crippen molar-refractivity contribution in [1.29, 1.82) is 0 Å². The molecule has 7 aromatic rings. The molecule has 38 nitrogen and oxygen atoms in total. The van der Waals surface area contributed by atoms with Gasteiger partial charge in [0.05, 0.1) is 91.0 Å². The smallest absolute Gasteiger partial charge is 0.277 e. The van der Waals surface area contributed by atoms with Crippen molar-refractivity contribution in [2.24, 2.45) is 0 Å². The number of nitrogens with one attached hydrogen (secondary N) is 4. The van der Waals surface area contributed by atoms with Crippen LogP contribution in [0.4, 0.5) is 17.6 Å². The Morgan fingerprint density at radius 2 is 0.857 bits per heavy atom. The summed E-state index contributed by atoms with van der Waals surface area (Å²) in [5, 5.41) is 65.1. The van der Waals surface area contributed by atoms with Gasteiger partial charge in [0.1, 0.15) is 83.5 Å². The maximum atomic E-state index is 14.2. The summed E-state index contributed by atoms with van der Waals surface area (Å²) in [7, 11) is 13.2. The predicted octanol–water partition coefficient (Wildman–Crippen LogP) is 0.996. The molecule has 0 spiro atoms.